The molecule has 2 aromatic heterocycles. The van der Waals surface area contributed by atoms with Crippen molar-refractivity contribution < 1.29 is 13.2 Å². The highest BCUT2D eigenvalue weighted by molar-refractivity contribution is 5.73. The minimum absolute atomic E-state index is 0.0947. The minimum Gasteiger partial charge on any atom is -0.306 e. The van der Waals surface area contributed by atoms with Crippen LogP contribution in [0.5, 0.6) is 0 Å². The zero-order valence-corrected chi connectivity index (χ0v) is 6.64. The molecular weight excluding hydrogens is 199 g/mol. The number of H-pyrrole nitrogens is 2. The van der Waals surface area contributed by atoms with E-state index in [1.807, 2.05) is 0 Å². The fourth-order valence-electron chi connectivity index (χ4n) is 1.09. The van der Waals surface area contributed by atoms with Gasteiger partial charge in [0.25, 0.3) is 0 Å². The van der Waals surface area contributed by atoms with Crippen LogP contribution in [0.3, 0.4) is 0 Å². The molecule has 0 aliphatic carbocycles. The van der Waals surface area contributed by atoms with E-state index in [2.05, 4.69) is 15.0 Å². The second-order valence-electron chi connectivity index (χ2n) is 2.69. The summed E-state index contributed by atoms with van der Waals surface area (Å²) in [4.78, 5) is 18.4. The molecule has 0 aromatic carbocycles. The van der Waals surface area contributed by atoms with Crippen LogP contribution in [0.2, 0.25) is 0 Å². The normalized spacial score (nSPS) is 12.2. The van der Waals surface area contributed by atoms with Crippen LogP contribution in [0.15, 0.2) is 17.1 Å². The number of aromatic nitrogens is 3. The largest absolute Gasteiger partial charge is 0.433 e. The van der Waals surface area contributed by atoms with Crippen molar-refractivity contribution in [1.29, 1.82) is 0 Å². The van der Waals surface area contributed by atoms with Gasteiger partial charge in [-0.3, -0.25) is 0 Å². The highest BCUT2D eigenvalue weighted by Gasteiger charge is 2.32. The Labute approximate surface area is 74.8 Å². The van der Waals surface area contributed by atoms with Crippen LogP contribution in [0.1, 0.15) is 5.69 Å². The molecular formula is C7H4F3N3O. The maximum absolute atomic E-state index is 12.2. The summed E-state index contributed by atoms with van der Waals surface area (Å²) in [5.74, 6) is 0. The van der Waals surface area contributed by atoms with Crippen molar-refractivity contribution in [1.82, 2.24) is 15.0 Å². The van der Waals surface area contributed by atoms with E-state index in [0.717, 1.165) is 12.3 Å². The monoisotopic (exact) mass is 203 g/mol. The smallest absolute Gasteiger partial charge is 0.306 e. The lowest BCUT2D eigenvalue weighted by Crippen LogP contribution is -2.07. The first-order valence-electron chi connectivity index (χ1n) is 3.62. The fourth-order valence-corrected chi connectivity index (χ4v) is 1.09. The summed E-state index contributed by atoms with van der Waals surface area (Å²) < 4.78 is 36.5. The number of aromatic amines is 2. The lowest BCUT2D eigenvalue weighted by molar-refractivity contribution is -0.141. The molecule has 74 valence electrons. The van der Waals surface area contributed by atoms with E-state index >= 15 is 0 Å². The van der Waals surface area contributed by atoms with E-state index in [4.69, 9.17) is 0 Å². The number of rotatable bonds is 0. The van der Waals surface area contributed by atoms with E-state index in [9.17, 15) is 18.0 Å². The molecule has 0 aliphatic heterocycles. The summed E-state index contributed by atoms with van der Waals surface area (Å²) in [7, 11) is 0. The third-order valence-electron chi connectivity index (χ3n) is 1.69. The van der Waals surface area contributed by atoms with Crippen molar-refractivity contribution in [3.8, 4) is 0 Å². The Balaban J connectivity index is 2.67. The molecule has 14 heavy (non-hydrogen) atoms. The van der Waals surface area contributed by atoms with E-state index < -0.39 is 17.6 Å². The molecule has 0 bridgehead atoms. The number of nitrogens with zero attached hydrogens (tertiary/aromatic N) is 1. The van der Waals surface area contributed by atoms with E-state index in [1.54, 1.807) is 0 Å². The van der Waals surface area contributed by atoms with Crippen LogP contribution in [0.4, 0.5) is 13.2 Å². The van der Waals surface area contributed by atoms with Gasteiger partial charge in [0, 0.05) is 0 Å². The number of halogens is 3. The SMILES string of the molecule is O=c1[nH]c2cnc(C(F)(F)F)cc2[nH]1. The van der Waals surface area contributed by atoms with Gasteiger partial charge >= 0.3 is 11.9 Å². The van der Waals surface area contributed by atoms with Crippen molar-refractivity contribution in [2.75, 3.05) is 0 Å². The van der Waals surface area contributed by atoms with Gasteiger partial charge in [-0.15, -0.1) is 0 Å². The number of imidazole rings is 1. The van der Waals surface area contributed by atoms with Crippen molar-refractivity contribution in [3.63, 3.8) is 0 Å². The molecule has 2 N–H and O–H groups in total. The maximum atomic E-state index is 12.2. The number of fused-ring (bicyclic) bond motifs is 1. The predicted molar refractivity (Wildman–Crippen MR) is 41.7 cm³/mol. The van der Waals surface area contributed by atoms with Crippen molar-refractivity contribution in [3.05, 3.63) is 28.4 Å². The van der Waals surface area contributed by atoms with Crippen molar-refractivity contribution in [2.45, 2.75) is 6.18 Å². The summed E-state index contributed by atoms with van der Waals surface area (Å²) >= 11 is 0. The van der Waals surface area contributed by atoms with E-state index in [0.29, 0.717) is 0 Å². The molecule has 7 heteroatoms. The highest BCUT2D eigenvalue weighted by atomic mass is 19.4. The fraction of sp³-hybridized carbons (Fsp3) is 0.143. The van der Waals surface area contributed by atoms with E-state index in [1.165, 1.54) is 0 Å². The Kier molecular flexibility index (Phi) is 1.63. The van der Waals surface area contributed by atoms with Gasteiger partial charge in [-0.05, 0) is 6.07 Å². The standard InChI is InChI=1S/C7H4F3N3O/c8-7(9,10)5-1-3-4(2-11-5)13-6(14)12-3/h1-2H,(H2,12,13,14). The van der Waals surface area contributed by atoms with Crippen LogP contribution >= 0.6 is 0 Å². The first-order chi connectivity index (χ1) is 6.47. The van der Waals surface area contributed by atoms with Crippen LogP contribution in [0.25, 0.3) is 11.0 Å². The number of alkyl halides is 3. The molecule has 0 saturated heterocycles. The summed E-state index contributed by atoms with van der Waals surface area (Å²) in [6.45, 7) is 0. The average Bonchev–Trinajstić information content (AvgIpc) is 2.41. The van der Waals surface area contributed by atoms with Gasteiger partial charge in [-0.2, -0.15) is 13.2 Å². The zero-order chi connectivity index (χ0) is 10.3. The number of nitrogens with one attached hydrogen (secondary N) is 2. The van der Waals surface area contributed by atoms with Gasteiger partial charge in [0.15, 0.2) is 0 Å². The molecule has 0 saturated carbocycles. The second kappa shape index (κ2) is 2.60. The Morgan fingerprint density at radius 3 is 2.50 bits per heavy atom. The first-order valence-corrected chi connectivity index (χ1v) is 3.62. The van der Waals surface area contributed by atoms with Crippen molar-refractivity contribution in [2.24, 2.45) is 0 Å². The van der Waals surface area contributed by atoms with Crippen LogP contribution in [0, 0.1) is 0 Å². The Morgan fingerprint density at radius 1 is 1.21 bits per heavy atom. The molecule has 2 heterocycles. The minimum atomic E-state index is -4.50. The van der Waals surface area contributed by atoms with Gasteiger partial charge in [0.05, 0.1) is 17.2 Å². The molecule has 0 atom stereocenters. The molecule has 2 rings (SSSR count). The van der Waals surface area contributed by atoms with Crippen LogP contribution < -0.4 is 5.69 Å². The molecule has 0 spiro atoms. The Morgan fingerprint density at radius 2 is 1.86 bits per heavy atom. The average molecular weight is 203 g/mol. The highest BCUT2D eigenvalue weighted by Crippen LogP contribution is 2.28. The first kappa shape index (κ1) is 8.79. The molecule has 0 radical (unpaired) electrons. The van der Waals surface area contributed by atoms with E-state index in [-0.39, 0.29) is 11.0 Å². The van der Waals surface area contributed by atoms with Gasteiger partial charge in [0.1, 0.15) is 5.69 Å². The summed E-state index contributed by atoms with van der Waals surface area (Å²) in [6, 6.07) is 0.785. The molecule has 0 fully saturated rings. The summed E-state index contributed by atoms with van der Waals surface area (Å²) in [5, 5.41) is 0. The third kappa shape index (κ3) is 1.36. The van der Waals surface area contributed by atoms with Crippen molar-refractivity contribution >= 4 is 11.0 Å². The molecule has 0 amide bonds. The van der Waals surface area contributed by atoms with Crippen LogP contribution in [-0.4, -0.2) is 15.0 Å². The molecule has 4 nitrogen and oxygen atoms in total. The Hall–Kier alpha value is -1.79. The van der Waals surface area contributed by atoms with Gasteiger partial charge in [-0.25, -0.2) is 9.78 Å². The predicted octanol–water partition coefficient (Wildman–Crippen LogP) is 1.27. The topological polar surface area (TPSA) is 61.5 Å². The molecule has 0 aliphatic rings. The van der Waals surface area contributed by atoms with Crippen LogP contribution in [-0.2, 0) is 6.18 Å². The zero-order valence-electron chi connectivity index (χ0n) is 6.64. The molecule has 2 aromatic rings. The lowest BCUT2D eigenvalue weighted by Gasteiger charge is -2.03. The third-order valence-corrected chi connectivity index (χ3v) is 1.69. The molecule has 0 unspecified atom stereocenters. The number of pyridine rings is 1. The van der Waals surface area contributed by atoms with Gasteiger partial charge < -0.3 is 9.97 Å². The quantitative estimate of drug-likeness (QED) is 0.677. The van der Waals surface area contributed by atoms with Gasteiger partial charge in [0.2, 0.25) is 0 Å². The van der Waals surface area contributed by atoms with Gasteiger partial charge in [-0.1, -0.05) is 0 Å². The lowest BCUT2D eigenvalue weighted by atomic mass is 10.3. The number of hydrogen-bond acceptors (Lipinski definition) is 2. The summed E-state index contributed by atoms with van der Waals surface area (Å²) in [6.07, 6.45) is -3.53. The number of hydrogen-bond donors (Lipinski definition) is 2. The maximum Gasteiger partial charge on any atom is 0.433 e. The summed E-state index contributed by atoms with van der Waals surface area (Å²) in [5.41, 5.74) is -1.23. The Bertz CT molecular complexity index is 525. The second-order valence-corrected chi connectivity index (χ2v) is 2.69.